The fraction of sp³-hybridized carbons (Fsp3) is 0.385. The summed E-state index contributed by atoms with van der Waals surface area (Å²) in [7, 11) is 0. The molecule has 0 atom stereocenters. The molecule has 8 bridgehead atoms. The molecule has 4 aromatic carbocycles. The average Bonchev–Trinajstić information content (AvgIpc) is 2.94. The van der Waals surface area contributed by atoms with Crippen molar-refractivity contribution in [3.63, 3.8) is 0 Å². The van der Waals surface area contributed by atoms with Crippen LogP contribution >= 0.6 is 0 Å². The van der Waals surface area contributed by atoms with Gasteiger partial charge >= 0.3 is 0 Å². The van der Waals surface area contributed by atoms with Crippen LogP contribution in [0, 0.1) is 55.4 Å². The van der Waals surface area contributed by atoms with E-state index >= 15 is 0 Å². The normalized spacial score (nSPS) is 13.0. The smallest absolute Gasteiger partial charge is 0.127 e. The number of hydrogen-bond donors (Lipinski definition) is 3. The molecule has 0 fully saturated rings. The molecule has 1 aliphatic carbocycles. The molecule has 4 heteroatoms. The standard InChI is InChI=1S/C39H46O4/c1-19(2)43-39-31-14-23(6)27(10)35(39)17-30-13-22(5)25(8)33(38(30)42)15-28-11-20(3)24(7)32(36(28)40)16-29-12-21(4)26(9)34(18-31)37(29)41/h11-14,19,40-42H,15-18H2,1-10H3. The Morgan fingerprint density at radius 1 is 0.465 bits per heavy atom. The average molecular weight is 579 g/mol. The Balaban J connectivity index is 1.89. The van der Waals surface area contributed by atoms with Crippen molar-refractivity contribution in [2.75, 3.05) is 0 Å². The van der Waals surface area contributed by atoms with Crippen LogP contribution in [-0.4, -0.2) is 21.4 Å². The largest absolute Gasteiger partial charge is 0.507 e. The van der Waals surface area contributed by atoms with Gasteiger partial charge in [0, 0.05) is 47.9 Å². The molecule has 0 heterocycles. The van der Waals surface area contributed by atoms with E-state index < -0.39 is 0 Å². The Hall–Kier alpha value is -3.92. The first-order valence-electron chi connectivity index (χ1n) is 15.4. The first kappa shape index (κ1) is 30.5. The van der Waals surface area contributed by atoms with Gasteiger partial charge in [0.2, 0.25) is 0 Å². The summed E-state index contributed by atoms with van der Waals surface area (Å²) in [5.74, 6) is 1.63. The van der Waals surface area contributed by atoms with E-state index in [9.17, 15) is 15.3 Å². The van der Waals surface area contributed by atoms with E-state index in [4.69, 9.17) is 4.74 Å². The molecule has 0 aliphatic heterocycles. The molecular weight excluding hydrogens is 532 g/mol. The number of phenols is 3. The lowest BCUT2D eigenvalue weighted by Gasteiger charge is -2.25. The lowest BCUT2D eigenvalue weighted by atomic mass is 9.84. The van der Waals surface area contributed by atoms with E-state index in [0.29, 0.717) is 25.7 Å². The van der Waals surface area contributed by atoms with Crippen molar-refractivity contribution in [2.24, 2.45) is 0 Å². The third kappa shape index (κ3) is 5.37. The minimum Gasteiger partial charge on any atom is -0.507 e. The van der Waals surface area contributed by atoms with Gasteiger partial charge in [-0.3, -0.25) is 0 Å². The number of aromatic hydroxyl groups is 3. The maximum Gasteiger partial charge on any atom is 0.127 e. The van der Waals surface area contributed by atoms with Crippen molar-refractivity contribution in [2.45, 2.75) is 101 Å². The molecule has 43 heavy (non-hydrogen) atoms. The van der Waals surface area contributed by atoms with Crippen LogP contribution in [0.15, 0.2) is 24.3 Å². The van der Waals surface area contributed by atoms with E-state index in [-0.39, 0.29) is 23.4 Å². The predicted octanol–water partition coefficient (Wildman–Crippen LogP) is 8.73. The number of ether oxygens (including phenoxy) is 1. The molecule has 0 amide bonds. The van der Waals surface area contributed by atoms with E-state index in [2.05, 4.69) is 59.7 Å². The zero-order chi connectivity index (χ0) is 31.5. The Labute approximate surface area is 257 Å². The highest BCUT2D eigenvalue weighted by Crippen LogP contribution is 2.43. The first-order chi connectivity index (χ1) is 20.2. The van der Waals surface area contributed by atoms with Crippen LogP contribution in [0.2, 0.25) is 0 Å². The fourth-order valence-corrected chi connectivity index (χ4v) is 6.72. The van der Waals surface area contributed by atoms with Gasteiger partial charge in [-0.05, 0) is 136 Å². The zero-order valence-corrected chi connectivity index (χ0v) is 27.5. The second-order valence-corrected chi connectivity index (χ2v) is 13.1. The quantitative estimate of drug-likeness (QED) is 0.196. The van der Waals surface area contributed by atoms with Crippen LogP contribution < -0.4 is 4.74 Å². The zero-order valence-electron chi connectivity index (χ0n) is 27.5. The van der Waals surface area contributed by atoms with Gasteiger partial charge in [-0.2, -0.15) is 0 Å². The molecule has 4 nitrogen and oxygen atoms in total. The molecule has 0 spiro atoms. The van der Waals surface area contributed by atoms with Crippen LogP contribution in [0.3, 0.4) is 0 Å². The molecule has 4 aromatic rings. The number of benzene rings is 4. The summed E-state index contributed by atoms with van der Waals surface area (Å²) in [6, 6.07) is 8.37. The summed E-state index contributed by atoms with van der Waals surface area (Å²) < 4.78 is 6.59. The van der Waals surface area contributed by atoms with Gasteiger partial charge in [-0.25, -0.2) is 0 Å². The third-order valence-corrected chi connectivity index (χ3v) is 9.90. The first-order valence-corrected chi connectivity index (χ1v) is 15.4. The Kier molecular flexibility index (Phi) is 8.02. The van der Waals surface area contributed by atoms with Gasteiger partial charge in [0.25, 0.3) is 0 Å². The van der Waals surface area contributed by atoms with Crippen LogP contribution in [0.25, 0.3) is 0 Å². The van der Waals surface area contributed by atoms with Crippen molar-refractivity contribution in [1.82, 2.24) is 0 Å². The van der Waals surface area contributed by atoms with Gasteiger partial charge in [-0.15, -0.1) is 0 Å². The summed E-state index contributed by atoms with van der Waals surface area (Å²) in [6.07, 6.45) is 1.79. The highest BCUT2D eigenvalue weighted by Gasteiger charge is 2.25. The van der Waals surface area contributed by atoms with E-state index in [0.717, 1.165) is 94.8 Å². The van der Waals surface area contributed by atoms with E-state index in [1.165, 1.54) is 0 Å². The number of rotatable bonds is 2. The minimum absolute atomic E-state index is 0.0453. The Morgan fingerprint density at radius 2 is 0.744 bits per heavy atom. The molecule has 0 radical (unpaired) electrons. The van der Waals surface area contributed by atoms with Gasteiger partial charge < -0.3 is 20.1 Å². The summed E-state index contributed by atoms with van der Waals surface area (Å²) >= 11 is 0. The lowest BCUT2D eigenvalue weighted by molar-refractivity contribution is 0.238. The maximum absolute atomic E-state index is 11.8. The number of phenolic OH excluding ortho intramolecular Hbond substituents is 3. The lowest BCUT2D eigenvalue weighted by Crippen LogP contribution is -2.13. The van der Waals surface area contributed by atoms with Gasteiger partial charge in [-0.1, -0.05) is 24.3 Å². The van der Waals surface area contributed by atoms with E-state index in [1.54, 1.807) is 0 Å². The number of hydrogen-bond acceptors (Lipinski definition) is 4. The van der Waals surface area contributed by atoms with Crippen LogP contribution in [0.4, 0.5) is 0 Å². The summed E-state index contributed by atoms with van der Waals surface area (Å²) in [4.78, 5) is 0. The summed E-state index contributed by atoms with van der Waals surface area (Å²) in [6.45, 7) is 20.7. The molecule has 226 valence electrons. The van der Waals surface area contributed by atoms with Gasteiger partial charge in [0.15, 0.2) is 0 Å². The van der Waals surface area contributed by atoms with Crippen molar-refractivity contribution in [1.29, 1.82) is 0 Å². The number of fused-ring (bicyclic) bond motifs is 8. The maximum atomic E-state index is 11.8. The van der Waals surface area contributed by atoms with Crippen molar-refractivity contribution >= 4 is 0 Å². The topological polar surface area (TPSA) is 69.9 Å². The second-order valence-electron chi connectivity index (χ2n) is 13.1. The van der Waals surface area contributed by atoms with Crippen LogP contribution in [-0.2, 0) is 25.7 Å². The molecule has 0 aromatic heterocycles. The molecule has 0 saturated heterocycles. The molecule has 0 unspecified atom stereocenters. The minimum atomic E-state index is -0.0453. The molecule has 1 aliphatic rings. The van der Waals surface area contributed by atoms with Gasteiger partial charge in [0.05, 0.1) is 6.10 Å². The Morgan fingerprint density at radius 3 is 1.09 bits per heavy atom. The molecule has 5 rings (SSSR count). The second kappa shape index (κ2) is 11.3. The molecule has 3 N–H and O–H groups in total. The van der Waals surface area contributed by atoms with Gasteiger partial charge in [0.1, 0.15) is 23.0 Å². The summed E-state index contributed by atoms with van der Waals surface area (Å²) in [5, 5.41) is 35.4. The Bertz CT molecular complexity index is 1770. The van der Waals surface area contributed by atoms with Crippen LogP contribution in [0.1, 0.15) is 103 Å². The third-order valence-electron chi connectivity index (χ3n) is 9.90. The van der Waals surface area contributed by atoms with Crippen molar-refractivity contribution < 1.29 is 20.1 Å². The molecular formula is C39H46O4. The molecule has 0 saturated carbocycles. The highest BCUT2D eigenvalue weighted by atomic mass is 16.5. The fourth-order valence-electron chi connectivity index (χ4n) is 6.72. The van der Waals surface area contributed by atoms with Crippen molar-refractivity contribution in [3.05, 3.63) is 113 Å². The summed E-state index contributed by atoms with van der Waals surface area (Å²) in [5.41, 5.74) is 15.7. The predicted molar refractivity (Wildman–Crippen MR) is 176 cm³/mol. The van der Waals surface area contributed by atoms with Crippen LogP contribution in [0.5, 0.6) is 23.0 Å². The van der Waals surface area contributed by atoms with E-state index in [1.807, 2.05) is 33.8 Å². The SMILES string of the molecule is Cc1cc2c(O)c(c1C)Cc1cc(C)c(C)c(c1O)Cc1cc(C)c(C)c(c1OC(C)C)Cc1cc(C)c(C)c(c1O)C2. The highest BCUT2D eigenvalue weighted by molar-refractivity contribution is 5.62. The van der Waals surface area contributed by atoms with Crippen molar-refractivity contribution in [3.8, 4) is 23.0 Å². The number of aryl methyl sites for hydroxylation is 4. The monoisotopic (exact) mass is 578 g/mol.